The lowest BCUT2D eigenvalue weighted by atomic mass is 9.64. The van der Waals surface area contributed by atoms with E-state index in [1.54, 1.807) is 0 Å². The summed E-state index contributed by atoms with van der Waals surface area (Å²) in [6.45, 7) is 2.24. The van der Waals surface area contributed by atoms with Crippen LogP contribution in [-0.4, -0.2) is 0 Å². The van der Waals surface area contributed by atoms with E-state index in [0.29, 0.717) is 23.6 Å². The number of aryl methyl sites for hydroxylation is 1. The van der Waals surface area contributed by atoms with E-state index >= 15 is 0 Å². The molecule has 170 valence electrons. The normalized spacial score (nSPS) is 22.5. The fourth-order valence-electron chi connectivity index (χ4n) is 5.51. The Kier molecular flexibility index (Phi) is 6.60. The van der Waals surface area contributed by atoms with E-state index < -0.39 is 23.4 Å². The fraction of sp³-hybridized carbons (Fsp3) is 0.481. The van der Waals surface area contributed by atoms with Crippen LogP contribution < -0.4 is 0 Å². The number of hydrogen-bond acceptors (Lipinski definition) is 0. The van der Waals surface area contributed by atoms with Gasteiger partial charge in [-0.1, -0.05) is 44.1 Å². The van der Waals surface area contributed by atoms with Gasteiger partial charge in [0.1, 0.15) is 17.2 Å². The smallest absolute Gasteiger partial charge is 0.206 e. The molecule has 2 aromatic rings. The predicted octanol–water partition coefficient (Wildman–Crippen LogP) is 8.02. The summed E-state index contributed by atoms with van der Waals surface area (Å²) in [5, 5.41) is 0. The molecule has 1 saturated carbocycles. The molecule has 0 amide bonds. The van der Waals surface area contributed by atoms with Gasteiger partial charge < -0.3 is 0 Å². The molecule has 2 aliphatic rings. The Balaban J connectivity index is 1.51. The largest absolute Gasteiger partial charge is 0.422 e. The van der Waals surface area contributed by atoms with Crippen LogP contribution in [0.2, 0.25) is 0 Å². The van der Waals surface area contributed by atoms with E-state index in [1.165, 1.54) is 56.1 Å². The molecule has 0 spiro atoms. The molecule has 5 heteroatoms. The molecule has 0 saturated heterocycles. The average molecular weight is 447 g/mol. The molecular formula is C27H27F5. The van der Waals surface area contributed by atoms with Crippen LogP contribution in [0.25, 0.3) is 0 Å². The van der Waals surface area contributed by atoms with E-state index in [2.05, 4.69) is 24.8 Å². The van der Waals surface area contributed by atoms with Crippen molar-refractivity contribution >= 4 is 0 Å². The summed E-state index contributed by atoms with van der Waals surface area (Å²) in [7, 11) is 0. The standard InChI is InChI=1S/C27H27F5/c1-2-3-4-17-7-11-22-20(13-17)9-10-21-14-18(8-12-23(21)22)5-6-19-15-24(28)26(25(29)16-19)27(30,31)32/h8,12,14-17,20,22H,2-4,7,9-11,13H2,1H3/t17-,20-,22+/m1/s1. The third-order valence-corrected chi connectivity index (χ3v) is 7.06. The zero-order chi connectivity index (χ0) is 22.9. The van der Waals surface area contributed by atoms with Gasteiger partial charge >= 0.3 is 6.18 Å². The van der Waals surface area contributed by atoms with E-state index in [9.17, 15) is 22.0 Å². The summed E-state index contributed by atoms with van der Waals surface area (Å²) in [6.07, 6.45) is 4.82. The minimum absolute atomic E-state index is 0.115. The van der Waals surface area contributed by atoms with Gasteiger partial charge in [0.2, 0.25) is 0 Å². The second-order valence-corrected chi connectivity index (χ2v) is 9.20. The van der Waals surface area contributed by atoms with Gasteiger partial charge in [-0.05, 0) is 85.3 Å². The quantitative estimate of drug-likeness (QED) is 0.331. The number of halogens is 5. The zero-order valence-corrected chi connectivity index (χ0v) is 18.2. The summed E-state index contributed by atoms with van der Waals surface area (Å²) < 4.78 is 65.8. The van der Waals surface area contributed by atoms with Gasteiger partial charge in [-0.3, -0.25) is 0 Å². The number of fused-ring (bicyclic) bond motifs is 3. The van der Waals surface area contributed by atoms with Crippen LogP contribution in [0.5, 0.6) is 0 Å². The van der Waals surface area contributed by atoms with Crippen LogP contribution in [0, 0.1) is 35.3 Å². The summed E-state index contributed by atoms with van der Waals surface area (Å²) in [5.74, 6) is 4.37. The molecule has 0 bridgehead atoms. The number of unbranched alkanes of at least 4 members (excludes halogenated alkanes) is 1. The molecule has 0 aromatic heterocycles. The van der Waals surface area contributed by atoms with Crippen molar-refractivity contribution in [2.24, 2.45) is 11.8 Å². The predicted molar refractivity (Wildman–Crippen MR) is 115 cm³/mol. The van der Waals surface area contributed by atoms with Gasteiger partial charge in [0.15, 0.2) is 0 Å². The molecule has 0 unspecified atom stereocenters. The molecule has 2 aromatic carbocycles. The lowest BCUT2D eigenvalue weighted by Gasteiger charge is -2.40. The third kappa shape index (κ3) is 4.85. The minimum atomic E-state index is -5.08. The summed E-state index contributed by atoms with van der Waals surface area (Å²) in [5.41, 5.74) is 1.38. The lowest BCUT2D eigenvalue weighted by Crippen LogP contribution is -2.28. The Morgan fingerprint density at radius 1 is 0.938 bits per heavy atom. The molecule has 4 rings (SSSR count). The van der Waals surface area contributed by atoms with E-state index in [1.807, 2.05) is 12.1 Å². The molecule has 1 fully saturated rings. The number of rotatable bonds is 3. The maximum absolute atomic E-state index is 13.8. The van der Waals surface area contributed by atoms with Crippen LogP contribution in [0.1, 0.15) is 85.6 Å². The molecule has 0 nitrogen and oxygen atoms in total. The maximum atomic E-state index is 13.8. The molecule has 0 heterocycles. The van der Waals surface area contributed by atoms with Crippen LogP contribution in [-0.2, 0) is 12.6 Å². The Labute approximate surface area is 186 Å². The molecule has 3 atom stereocenters. The Morgan fingerprint density at radius 3 is 2.34 bits per heavy atom. The second kappa shape index (κ2) is 9.25. The summed E-state index contributed by atoms with van der Waals surface area (Å²) in [6, 6.07) is 7.33. The zero-order valence-electron chi connectivity index (χ0n) is 18.2. The lowest BCUT2D eigenvalue weighted by molar-refractivity contribution is -0.142. The highest BCUT2D eigenvalue weighted by Crippen LogP contribution is 2.48. The van der Waals surface area contributed by atoms with Crippen molar-refractivity contribution < 1.29 is 22.0 Å². The van der Waals surface area contributed by atoms with Gasteiger partial charge in [0.05, 0.1) is 0 Å². The van der Waals surface area contributed by atoms with Gasteiger partial charge in [0, 0.05) is 11.1 Å². The maximum Gasteiger partial charge on any atom is 0.422 e. The van der Waals surface area contributed by atoms with Gasteiger partial charge in [-0.25, -0.2) is 8.78 Å². The van der Waals surface area contributed by atoms with Crippen molar-refractivity contribution in [3.05, 3.63) is 69.8 Å². The first-order valence-electron chi connectivity index (χ1n) is 11.5. The van der Waals surface area contributed by atoms with E-state index in [-0.39, 0.29) is 5.56 Å². The highest BCUT2D eigenvalue weighted by molar-refractivity contribution is 5.48. The Bertz CT molecular complexity index is 1020. The van der Waals surface area contributed by atoms with Crippen molar-refractivity contribution in [1.82, 2.24) is 0 Å². The first-order chi connectivity index (χ1) is 15.3. The van der Waals surface area contributed by atoms with Crippen LogP contribution in [0.15, 0.2) is 30.3 Å². The monoisotopic (exact) mass is 446 g/mol. The minimum Gasteiger partial charge on any atom is -0.206 e. The highest BCUT2D eigenvalue weighted by atomic mass is 19.4. The number of hydrogen-bond donors (Lipinski definition) is 0. The molecule has 2 aliphatic carbocycles. The number of alkyl halides is 3. The van der Waals surface area contributed by atoms with Crippen molar-refractivity contribution in [2.75, 3.05) is 0 Å². The van der Waals surface area contributed by atoms with Gasteiger partial charge in [-0.15, -0.1) is 0 Å². The molecule has 0 radical (unpaired) electrons. The van der Waals surface area contributed by atoms with Gasteiger partial charge in [0.25, 0.3) is 0 Å². The first-order valence-corrected chi connectivity index (χ1v) is 11.5. The third-order valence-electron chi connectivity index (χ3n) is 7.06. The Hall–Kier alpha value is -2.35. The molecule has 0 N–H and O–H groups in total. The summed E-state index contributed by atoms with van der Waals surface area (Å²) >= 11 is 0. The van der Waals surface area contributed by atoms with Crippen LogP contribution in [0.4, 0.5) is 22.0 Å². The molecular weight excluding hydrogens is 419 g/mol. The van der Waals surface area contributed by atoms with Crippen LogP contribution >= 0.6 is 0 Å². The average Bonchev–Trinajstić information content (AvgIpc) is 2.74. The van der Waals surface area contributed by atoms with Crippen molar-refractivity contribution in [1.29, 1.82) is 0 Å². The van der Waals surface area contributed by atoms with Crippen LogP contribution in [0.3, 0.4) is 0 Å². The highest BCUT2D eigenvalue weighted by Gasteiger charge is 2.38. The fourth-order valence-corrected chi connectivity index (χ4v) is 5.51. The second-order valence-electron chi connectivity index (χ2n) is 9.20. The molecule has 0 aliphatic heterocycles. The van der Waals surface area contributed by atoms with Crippen molar-refractivity contribution in [3.8, 4) is 11.8 Å². The number of benzene rings is 2. The summed E-state index contributed by atoms with van der Waals surface area (Å²) in [4.78, 5) is 0. The Morgan fingerprint density at radius 2 is 1.66 bits per heavy atom. The van der Waals surface area contributed by atoms with E-state index in [0.717, 1.165) is 18.3 Å². The van der Waals surface area contributed by atoms with Crippen molar-refractivity contribution in [3.63, 3.8) is 0 Å². The topological polar surface area (TPSA) is 0 Å². The molecule has 32 heavy (non-hydrogen) atoms. The van der Waals surface area contributed by atoms with E-state index in [4.69, 9.17) is 0 Å². The van der Waals surface area contributed by atoms with Crippen molar-refractivity contribution in [2.45, 2.75) is 70.4 Å². The first kappa shape index (κ1) is 22.8. The van der Waals surface area contributed by atoms with Gasteiger partial charge in [-0.2, -0.15) is 13.2 Å². The SMILES string of the molecule is CCCC[C@@H]1CC[C@@H]2c3ccc(C#Cc4cc(F)c(C(F)(F)F)c(F)c4)cc3CC[C@@H]2C1.